The van der Waals surface area contributed by atoms with Gasteiger partial charge in [-0.3, -0.25) is 0 Å². The molecule has 98 valence electrons. The van der Waals surface area contributed by atoms with Gasteiger partial charge in [0, 0.05) is 37.4 Å². The maximum atomic E-state index is 9.12. The van der Waals surface area contributed by atoms with Crippen molar-refractivity contribution in [3.8, 4) is 0 Å². The van der Waals surface area contributed by atoms with Crippen molar-refractivity contribution >= 4 is 5.82 Å². The molecule has 1 saturated carbocycles. The largest absolute Gasteiger partial charge is 0.395 e. The van der Waals surface area contributed by atoms with E-state index in [-0.39, 0.29) is 6.61 Å². The third-order valence-electron chi connectivity index (χ3n) is 3.04. The first-order valence-electron chi connectivity index (χ1n) is 6.49. The molecule has 0 unspecified atom stereocenters. The lowest BCUT2D eigenvalue weighted by Gasteiger charge is -2.23. The van der Waals surface area contributed by atoms with Gasteiger partial charge in [0.05, 0.1) is 6.61 Å². The van der Waals surface area contributed by atoms with E-state index in [9.17, 15) is 0 Å². The molecule has 1 heterocycles. The minimum Gasteiger partial charge on any atom is -0.395 e. The van der Waals surface area contributed by atoms with Gasteiger partial charge in [0.1, 0.15) is 5.82 Å². The van der Waals surface area contributed by atoms with Crippen LogP contribution in [0.15, 0.2) is 31.0 Å². The van der Waals surface area contributed by atoms with E-state index in [1.54, 1.807) is 6.20 Å². The van der Waals surface area contributed by atoms with Gasteiger partial charge in [-0.2, -0.15) is 0 Å². The zero-order valence-electron chi connectivity index (χ0n) is 10.7. The van der Waals surface area contributed by atoms with Gasteiger partial charge in [-0.15, -0.1) is 6.58 Å². The first-order valence-corrected chi connectivity index (χ1v) is 6.49. The number of aliphatic hydroxyl groups is 1. The Hall–Kier alpha value is -1.39. The maximum Gasteiger partial charge on any atom is 0.133 e. The van der Waals surface area contributed by atoms with E-state index < -0.39 is 0 Å². The zero-order chi connectivity index (χ0) is 12.8. The molecule has 1 aliphatic rings. The Morgan fingerprint density at radius 3 is 3.06 bits per heavy atom. The molecule has 1 aliphatic carbocycles. The van der Waals surface area contributed by atoms with Crippen LogP contribution in [0.2, 0.25) is 0 Å². The fourth-order valence-electron chi connectivity index (χ4n) is 1.95. The Morgan fingerprint density at radius 2 is 2.39 bits per heavy atom. The molecule has 0 aromatic carbocycles. The van der Waals surface area contributed by atoms with E-state index in [2.05, 4.69) is 27.8 Å². The molecule has 18 heavy (non-hydrogen) atoms. The lowest BCUT2D eigenvalue weighted by Crippen LogP contribution is -2.29. The fraction of sp³-hybridized carbons (Fsp3) is 0.500. The minimum absolute atomic E-state index is 0.125. The molecule has 4 nitrogen and oxygen atoms in total. The van der Waals surface area contributed by atoms with Gasteiger partial charge in [-0.1, -0.05) is 12.1 Å². The van der Waals surface area contributed by atoms with Crippen molar-refractivity contribution in [3.63, 3.8) is 0 Å². The van der Waals surface area contributed by atoms with Crippen molar-refractivity contribution in [1.82, 2.24) is 10.3 Å². The number of rotatable bonds is 8. The van der Waals surface area contributed by atoms with Gasteiger partial charge in [0.2, 0.25) is 0 Å². The molecule has 0 atom stereocenters. The van der Waals surface area contributed by atoms with E-state index in [0.717, 1.165) is 12.4 Å². The summed E-state index contributed by atoms with van der Waals surface area (Å²) in [5.74, 6) is 0.944. The highest BCUT2D eigenvalue weighted by molar-refractivity contribution is 5.47. The van der Waals surface area contributed by atoms with Crippen LogP contribution in [0.4, 0.5) is 5.82 Å². The monoisotopic (exact) mass is 247 g/mol. The summed E-state index contributed by atoms with van der Waals surface area (Å²) in [5, 5.41) is 12.6. The normalized spacial score (nSPS) is 14.5. The van der Waals surface area contributed by atoms with E-state index in [4.69, 9.17) is 5.11 Å². The van der Waals surface area contributed by atoms with Gasteiger partial charge in [0.25, 0.3) is 0 Å². The molecule has 4 heteroatoms. The molecule has 1 fully saturated rings. The van der Waals surface area contributed by atoms with Crippen molar-refractivity contribution in [2.75, 3.05) is 24.6 Å². The van der Waals surface area contributed by atoms with E-state index in [0.29, 0.717) is 19.1 Å². The Bertz CT molecular complexity index is 390. The van der Waals surface area contributed by atoms with Crippen LogP contribution in [-0.2, 0) is 6.54 Å². The number of hydrogen-bond donors (Lipinski definition) is 2. The number of anilines is 1. The second-order valence-corrected chi connectivity index (χ2v) is 4.60. The molecular formula is C14H21N3O. The van der Waals surface area contributed by atoms with Crippen LogP contribution in [0.3, 0.4) is 0 Å². The smallest absolute Gasteiger partial charge is 0.133 e. The van der Waals surface area contributed by atoms with Crippen molar-refractivity contribution in [2.24, 2.45) is 0 Å². The standard InChI is InChI=1S/C14H21N3O/c1-2-8-17(9-10-18)14-12(4-3-7-15-14)11-16-13-5-6-13/h2-4,7,13,16,18H,1,5-6,8-11H2. The SMILES string of the molecule is C=CCN(CCO)c1ncccc1CNC1CC1. The number of nitrogens with zero attached hydrogens (tertiary/aromatic N) is 2. The van der Waals surface area contributed by atoms with Gasteiger partial charge in [-0.05, 0) is 18.9 Å². The number of nitrogens with one attached hydrogen (secondary N) is 1. The molecule has 2 N–H and O–H groups in total. The summed E-state index contributed by atoms with van der Waals surface area (Å²) in [5.41, 5.74) is 1.18. The van der Waals surface area contributed by atoms with E-state index in [1.165, 1.54) is 18.4 Å². The summed E-state index contributed by atoms with van der Waals surface area (Å²) in [7, 11) is 0. The fourth-order valence-corrected chi connectivity index (χ4v) is 1.95. The topological polar surface area (TPSA) is 48.4 Å². The van der Waals surface area contributed by atoms with Crippen molar-refractivity contribution in [2.45, 2.75) is 25.4 Å². The predicted molar refractivity (Wildman–Crippen MR) is 73.6 cm³/mol. The van der Waals surface area contributed by atoms with E-state index in [1.807, 2.05) is 12.1 Å². The maximum absolute atomic E-state index is 9.12. The third-order valence-corrected chi connectivity index (χ3v) is 3.04. The molecule has 2 rings (SSSR count). The highest BCUT2D eigenvalue weighted by Gasteiger charge is 2.21. The molecule has 1 aromatic rings. The highest BCUT2D eigenvalue weighted by atomic mass is 16.3. The van der Waals surface area contributed by atoms with Gasteiger partial charge < -0.3 is 15.3 Å². The lowest BCUT2D eigenvalue weighted by atomic mass is 10.2. The molecule has 0 aliphatic heterocycles. The number of pyridine rings is 1. The summed E-state index contributed by atoms with van der Waals surface area (Å²) >= 11 is 0. The van der Waals surface area contributed by atoms with Crippen LogP contribution >= 0.6 is 0 Å². The van der Waals surface area contributed by atoms with E-state index >= 15 is 0 Å². The van der Waals surface area contributed by atoms with Gasteiger partial charge >= 0.3 is 0 Å². The highest BCUT2D eigenvalue weighted by Crippen LogP contribution is 2.22. The summed E-state index contributed by atoms with van der Waals surface area (Å²) < 4.78 is 0. The molecule has 1 aromatic heterocycles. The first-order chi connectivity index (χ1) is 8.85. The minimum atomic E-state index is 0.125. The molecular weight excluding hydrogens is 226 g/mol. The number of hydrogen-bond acceptors (Lipinski definition) is 4. The van der Waals surface area contributed by atoms with Crippen LogP contribution in [0.1, 0.15) is 18.4 Å². The molecule has 0 spiro atoms. The van der Waals surface area contributed by atoms with Crippen LogP contribution in [0, 0.1) is 0 Å². The Morgan fingerprint density at radius 1 is 1.56 bits per heavy atom. The van der Waals surface area contributed by atoms with Crippen LogP contribution < -0.4 is 10.2 Å². The first kappa shape index (κ1) is 13.1. The average molecular weight is 247 g/mol. The van der Waals surface area contributed by atoms with Crippen LogP contribution in [0.5, 0.6) is 0 Å². The predicted octanol–water partition coefficient (Wildman–Crippen LogP) is 1.32. The lowest BCUT2D eigenvalue weighted by molar-refractivity contribution is 0.302. The second kappa shape index (κ2) is 6.52. The van der Waals surface area contributed by atoms with Crippen molar-refractivity contribution < 1.29 is 5.11 Å². The second-order valence-electron chi connectivity index (χ2n) is 4.60. The van der Waals surface area contributed by atoms with Crippen LogP contribution in [-0.4, -0.2) is 35.8 Å². The Balaban J connectivity index is 2.09. The Kier molecular flexibility index (Phi) is 4.73. The molecule has 0 radical (unpaired) electrons. The van der Waals surface area contributed by atoms with Gasteiger partial charge in [-0.25, -0.2) is 4.98 Å². The quantitative estimate of drug-likeness (QED) is 0.680. The van der Waals surface area contributed by atoms with Crippen molar-refractivity contribution in [1.29, 1.82) is 0 Å². The van der Waals surface area contributed by atoms with Crippen molar-refractivity contribution in [3.05, 3.63) is 36.5 Å². The number of aliphatic hydroxyl groups excluding tert-OH is 1. The third kappa shape index (κ3) is 3.55. The summed E-state index contributed by atoms with van der Waals surface area (Å²) in [6, 6.07) is 4.73. The molecule has 0 bridgehead atoms. The summed E-state index contributed by atoms with van der Waals surface area (Å²) in [6.07, 6.45) is 6.19. The molecule has 0 saturated heterocycles. The van der Waals surface area contributed by atoms with Gasteiger partial charge in [0.15, 0.2) is 0 Å². The Labute approximate surface area is 108 Å². The molecule has 0 amide bonds. The number of aromatic nitrogens is 1. The van der Waals surface area contributed by atoms with Crippen LogP contribution in [0.25, 0.3) is 0 Å². The average Bonchev–Trinajstić information content (AvgIpc) is 3.21. The summed E-state index contributed by atoms with van der Waals surface area (Å²) in [6.45, 7) is 6.01. The summed E-state index contributed by atoms with van der Waals surface area (Å²) in [4.78, 5) is 6.49. The zero-order valence-corrected chi connectivity index (χ0v) is 10.7.